The highest BCUT2D eigenvalue weighted by Gasteiger charge is 2.44. The minimum Gasteiger partial charge on any atom is -0.379 e. The molecule has 2 heterocycles. The highest BCUT2D eigenvalue weighted by molar-refractivity contribution is 7.09. The molecule has 4 amide bonds. The molecule has 1 aliphatic heterocycles. The number of ether oxygens (including phenoxy) is 2. The molecule has 0 saturated carbocycles. The van der Waals surface area contributed by atoms with E-state index >= 15 is 0 Å². The van der Waals surface area contributed by atoms with Crippen molar-refractivity contribution < 1.29 is 33.4 Å². The molecule has 0 bridgehead atoms. The van der Waals surface area contributed by atoms with Crippen LogP contribution in [-0.4, -0.2) is 114 Å². The number of rotatable bonds is 25. The Hall–Kier alpha value is -3.68. The Bertz CT molecular complexity index is 1700. The summed E-state index contributed by atoms with van der Waals surface area (Å²) in [5.74, 6) is -2.23. The number of hydrogen-bond donors (Lipinski definition) is 1. The normalized spacial score (nSPS) is 18.7. The van der Waals surface area contributed by atoms with Gasteiger partial charge in [0.2, 0.25) is 23.6 Å². The van der Waals surface area contributed by atoms with Gasteiger partial charge in [-0.3, -0.25) is 24.0 Å². The summed E-state index contributed by atoms with van der Waals surface area (Å²) in [6.07, 6.45) is 4.04. The van der Waals surface area contributed by atoms with Crippen LogP contribution in [0.1, 0.15) is 124 Å². The van der Waals surface area contributed by atoms with Crippen molar-refractivity contribution in [1.29, 1.82) is 0 Å². The number of carbonyl (C=O) groups excluding carboxylic acids is 5. The maximum atomic E-state index is 14.6. The van der Waals surface area contributed by atoms with Crippen LogP contribution in [0.3, 0.4) is 0 Å². The number of ketones is 1. The van der Waals surface area contributed by atoms with E-state index in [1.807, 2.05) is 96.0 Å². The van der Waals surface area contributed by atoms with Crippen molar-refractivity contribution in [2.75, 3.05) is 34.9 Å². The maximum absolute atomic E-state index is 14.6. The van der Waals surface area contributed by atoms with Crippen LogP contribution in [0, 0.1) is 41.4 Å². The monoisotopic (exact) mass is 882 g/mol. The second-order valence-corrected chi connectivity index (χ2v) is 19.6. The van der Waals surface area contributed by atoms with Crippen LogP contribution >= 0.6 is 11.3 Å². The number of likely N-dealkylation sites (tertiary alicyclic amines) is 1. The predicted molar refractivity (Wildman–Crippen MR) is 247 cm³/mol. The summed E-state index contributed by atoms with van der Waals surface area (Å²) in [7, 11) is 6.65. The van der Waals surface area contributed by atoms with E-state index in [-0.39, 0.29) is 83.9 Å². The van der Waals surface area contributed by atoms with Crippen molar-refractivity contribution in [1.82, 2.24) is 25.0 Å². The molecule has 1 saturated heterocycles. The molecule has 1 aliphatic rings. The highest BCUT2D eigenvalue weighted by Crippen LogP contribution is 2.32. The SMILES string of the molecule is CC[C@H](C(=O)N(C)[C@H](C(=O)C[C@H](C(=O)N(C)[C@@H]([C@@H](C)CC)[C@@H](CC(=O)N1CCC[C@H]1[C@H](OC)[C@@H](C)C(=O)N[C@@H](Cc1ccccc1)c1nccs1)OC)C(C)C)C(C)C)C(C)C. The molecule has 2 aromatic rings. The fourth-order valence-electron chi connectivity index (χ4n) is 9.64. The van der Waals surface area contributed by atoms with E-state index < -0.39 is 36.1 Å². The van der Waals surface area contributed by atoms with Crippen LogP contribution in [0.5, 0.6) is 0 Å². The van der Waals surface area contributed by atoms with Gasteiger partial charge in [0.05, 0.1) is 48.7 Å². The van der Waals surface area contributed by atoms with Gasteiger partial charge in [0.1, 0.15) is 5.01 Å². The number of benzene rings is 1. The topological polar surface area (TPSA) is 138 Å². The van der Waals surface area contributed by atoms with Crippen LogP contribution in [0.15, 0.2) is 41.9 Å². The van der Waals surface area contributed by atoms with E-state index in [2.05, 4.69) is 24.1 Å². The Kier molecular flexibility index (Phi) is 21.2. The smallest absolute Gasteiger partial charge is 0.226 e. The van der Waals surface area contributed by atoms with Gasteiger partial charge < -0.3 is 29.5 Å². The van der Waals surface area contributed by atoms with Crippen LogP contribution in [-0.2, 0) is 39.9 Å². The van der Waals surface area contributed by atoms with Gasteiger partial charge in [0.25, 0.3) is 0 Å². The molecule has 12 nitrogen and oxygen atoms in total. The van der Waals surface area contributed by atoms with Gasteiger partial charge >= 0.3 is 0 Å². The van der Waals surface area contributed by atoms with E-state index in [1.54, 1.807) is 44.3 Å². The minimum atomic E-state index is -0.656. The van der Waals surface area contributed by atoms with Gasteiger partial charge in [-0.1, -0.05) is 106 Å². The van der Waals surface area contributed by atoms with E-state index in [4.69, 9.17) is 9.47 Å². The third-order valence-electron chi connectivity index (χ3n) is 13.4. The van der Waals surface area contributed by atoms with Crippen LogP contribution in [0.25, 0.3) is 0 Å². The van der Waals surface area contributed by atoms with Gasteiger partial charge in [-0.2, -0.15) is 0 Å². The first kappa shape index (κ1) is 52.7. The molecule has 1 aromatic heterocycles. The number of nitrogens with zero attached hydrogens (tertiary/aromatic N) is 4. The number of amides is 4. The van der Waals surface area contributed by atoms with Gasteiger partial charge in [0.15, 0.2) is 5.78 Å². The molecule has 13 heteroatoms. The van der Waals surface area contributed by atoms with Gasteiger partial charge in [-0.15, -0.1) is 11.3 Å². The van der Waals surface area contributed by atoms with Crippen molar-refractivity contribution in [2.45, 2.75) is 151 Å². The van der Waals surface area contributed by atoms with Crippen LogP contribution < -0.4 is 5.32 Å². The van der Waals surface area contributed by atoms with E-state index in [9.17, 15) is 24.0 Å². The lowest BCUT2D eigenvalue weighted by Crippen LogP contribution is -2.55. The Labute approximate surface area is 377 Å². The second kappa shape index (κ2) is 25.0. The average Bonchev–Trinajstić information content (AvgIpc) is 3.96. The molecule has 62 heavy (non-hydrogen) atoms. The first-order chi connectivity index (χ1) is 29.3. The van der Waals surface area contributed by atoms with Crippen molar-refractivity contribution >= 4 is 40.7 Å². The average molecular weight is 882 g/mol. The van der Waals surface area contributed by atoms with Crippen molar-refractivity contribution in [3.05, 3.63) is 52.5 Å². The molecule has 10 atom stereocenters. The lowest BCUT2D eigenvalue weighted by molar-refractivity contribution is -0.150. The van der Waals surface area contributed by atoms with Crippen LogP contribution in [0.4, 0.5) is 0 Å². The zero-order valence-corrected chi connectivity index (χ0v) is 41.1. The number of hydrogen-bond acceptors (Lipinski definition) is 9. The summed E-state index contributed by atoms with van der Waals surface area (Å²) < 4.78 is 12.2. The zero-order valence-electron chi connectivity index (χ0n) is 40.3. The number of carbonyl (C=O) groups is 5. The third-order valence-corrected chi connectivity index (χ3v) is 14.3. The summed E-state index contributed by atoms with van der Waals surface area (Å²) in [6, 6.07) is 8.24. The van der Waals surface area contributed by atoms with E-state index in [1.165, 1.54) is 11.3 Å². The molecular weight excluding hydrogens is 803 g/mol. The molecule has 1 N–H and O–H groups in total. The number of methoxy groups -OCH3 is 2. The molecule has 1 aromatic carbocycles. The lowest BCUT2D eigenvalue weighted by atomic mass is 9.83. The first-order valence-corrected chi connectivity index (χ1v) is 23.9. The Morgan fingerprint density at radius 2 is 1.47 bits per heavy atom. The standard InChI is InChI=1S/C49H79N5O7S/c1-15-33(9)44(53(12)49(59)37(31(5)6)28-40(55)43(32(7)8)52(11)48(58)36(16-2)30(3)4)41(60-13)29-42(56)54-25-20-23-39(54)45(61-14)34(10)46(57)51-38(47-50-24-26-62-47)27-35-21-18-17-19-22-35/h17-19,21-22,24,26,30-34,36-39,41,43-45H,15-16,20,23,25,27-29H2,1-14H3,(H,51,57)/t33-,34+,36-,37-,38-,39-,41+,43-,44-,45+/m0/s1. The molecule has 3 rings (SSSR count). The van der Waals surface area contributed by atoms with Crippen LogP contribution in [0.2, 0.25) is 0 Å². The molecular formula is C49H79N5O7S. The molecule has 1 fully saturated rings. The molecule has 0 radical (unpaired) electrons. The van der Waals surface area contributed by atoms with Gasteiger partial charge in [0, 0.05) is 64.7 Å². The fourth-order valence-corrected chi connectivity index (χ4v) is 10.3. The second-order valence-electron chi connectivity index (χ2n) is 18.6. The fraction of sp³-hybridized carbons (Fsp3) is 0.714. The molecule has 0 aliphatic carbocycles. The Morgan fingerprint density at radius 3 is 1.98 bits per heavy atom. The largest absolute Gasteiger partial charge is 0.379 e. The van der Waals surface area contributed by atoms with Crippen molar-refractivity contribution in [3.63, 3.8) is 0 Å². The van der Waals surface area contributed by atoms with E-state index in [0.717, 1.165) is 23.4 Å². The van der Waals surface area contributed by atoms with Crippen molar-refractivity contribution in [3.8, 4) is 0 Å². The summed E-state index contributed by atoms with van der Waals surface area (Å²) >= 11 is 1.50. The van der Waals surface area contributed by atoms with Gasteiger partial charge in [-0.05, 0) is 54.9 Å². The summed E-state index contributed by atoms with van der Waals surface area (Å²) in [5.41, 5.74) is 1.09. The highest BCUT2D eigenvalue weighted by atomic mass is 32.1. The van der Waals surface area contributed by atoms with Crippen molar-refractivity contribution in [2.24, 2.45) is 41.4 Å². The Morgan fingerprint density at radius 1 is 0.839 bits per heavy atom. The predicted octanol–water partition coefficient (Wildman–Crippen LogP) is 7.86. The quantitative estimate of drug-likeness (QED) is 0.106. The Balaban J connectivity index is 1.81. The third kappa shape index (κ3) is 13.4. The molecule has 0 unspecified atom stereocenters. The minimum absolute atomic E-state index is 0.0000477. The number of nitrogens with one attached hydrogen (secondary N) is 1. The summed E-state index contributed by atoms with van der Waals surface area (Å²) in [6.45, 7) is 20.3. The number of aromatic nitrogens is 1. The van der Waals surface area contributed by atoms with E-state index in [0.29, 0.717) is 25.8 Å². The molecule has 348 valence electrons. The summed E-state index contributed by atoms with van der Waals surface area (Å²) in [4.78, 5) is 80.6. The number of Topliss-reactive ketones (excluding diaryl/α,β-unsaturated/α-hetero) is 1. The molecule has 0 spiro atoms. The number of thiazole rings is 1. The number of likely N-dealkylation sites (N-methyl/N-ethyl adjacent to an activating group) is 2. The summed E-state index contributed by atoms with van der Waals surface area (Å²) in [5, 5.41) is 5.97. The lowest BCUT2D eigenvalue weighted by Gasteiger charge is -2.41. The van der Waals surface area contributed by atoms with Gasteiger partial charge in [-0.25, -0.2) is 4.98 Å². The zero-order chi connectivity index (χ0) is 46.4. The maximum Gasteiger partial charge on any atom is 0.226 e. The first-order valence-electron chi connectivity index (χ1n) is 23.0.